The molecule has 1 amide bonds. The van der Waals surface area contributed by atoms with Gasteiger partial charge in [-0.3, -0.25) is 4.79 Å². The van der Waals surface area contributed by atoms with Crippen molar-refractivity contribution in [3.05, 3.63) is 24.3 Å². The van der Waals surface area contributed by atoms with Gasteiger partial charge in [-0.25, -0.2) is 0 Å². The van der Waals surface area contributed by atoms with E-state index in [9.17, 15) is 4.79 Å². The summed E-state index contributed by atoms with van der Waals surface area (Å²) in [5, 5.41) is 2.22. The van der Waals surface area contributed by atoms with Crippen LogP contribution >= 0.6 is 81.4 Å². The lowest BCUT2D eigenvalue weighted by atomic mass is 10.3. The Morgan fingerprint density at radius 1 is 1.14 bits per heavy atom. The van der Waals surface area contributed by atoms with E-state index in [2.05, 4.69) is 5.32 Å². The molecule has 0 aliphatic carbocycles. The third-order valence-corrected chi connectivity index (χ3v) is 3.98. The minimum absolute atomic E-state index is 0.383. The molecule has 0 heterocycles. The summed E-state index contributed by atoms with van der Waals surface area (Å²) in [6, 6.07) is 6.95. The second-order valence-electron chi connectivity index (χ2n) is 3.69. The van der Waals surface area contributed by atoms with E-state index in [4.69, 9.17) is 74.3 Å². The quantitative estimate of drug-likeness (QED) is 0.415. The Hall–Kier alpha value is 0.580. The average Bonchev–Trinajstić information content (AvgIpc) is 2.36. The lowest BCUT2D eigenvalue weighted by Gasteiger charge is -2.27. The fraction of sp³-hybridized carbons (Fsp3) is 0.364. The number of carbonyl (C=O) groups excluding carboxylic acids is 1. The van der Waals surface area contributed by atoms with Crippen LogP contribution in [0.2, 0.25) is 0 Å². The Bertz CT molecular complexity index is 485. The van der Waals surface area contributed by atoms with Crippen LogP contribution in [0.4, 0.5) is 0 Å². The maximum Gasteiger partial charge on any atom is 0.275 e. The zero-order chi connectivity index (χ0) is 16.3. The topological polar surface area (TPSA) is 38.3 Å². The summed E-state index contributed by atoms with van der Waals surface area (Å²) in [7, 11) is 0. The first kappa shape index (κ1) is 19.6. The number of hydrogen-bond donors (Lipinski definition) is 1. The van der Waals surface area contributed by atoms with Gasteiger partial charge in [0.1, 0.15) is 5.75 Å². The van der Waals surface area contributed by atoms with Gasteiger partial charge >= 0.3 is 0 Å². The summed E-state index contributed by atoms with van der Waals surface area (Å²) in [5.41, 5.74) is 0. The molecule has 0 radical (unpaired) electrons. The second kappa shape index (κ2) is 7.91. The van der Waals surface area contributed by atoms with Crippen LogP contribution in [0.3, 0.4) is 0 Å². The molecule has 1 aromatic carbocycles. The summed E-state index contributed by atoms with van der Waals surface area (Å²) in [5.74, 6) is -0.585. The molecule has 0 aromatic heterocycles. The molecule has 10 heteroatoms. The molecule has 0 fully saturated rings. The number of amides is 1. The number of ether oxygens (including phenoxy) is 1. The van der Waals surface area contributed by atoms with Gasteiger partial charge in [-0.2, -0.15) is 0 Å². The van der Waals surface area contributed by atoms with Gasteiger partial charge in [0.05, 0.1) is 0 Å². The zero-order valence-electron chi connectivity index (χ0n) is 10.4. The normalized spacial score (nSPS) is 13.7. The molecule has 3 nitrogen and oxygen atoms in total. The summed E-state index contributed by atoms with van der Waals surface area (Å²) < 4.78 is 1.28. The molecular weight excluding hydrogens is 423 g/mol. The maximum absolute atomic E-state index is 11.6. The van der Waals surface area contributed by atoms with Crippen LogP contribution in [-0.2, 0) is 4.79 Å². The lowest BCUT2D eigenvalue weighted by molar-refractivity contribution is -0.122. The number of hydrogen-bond acceptors (Lipinski definition) is 3. The number of nitrogens with one attached hydrogen (secondary N) is 1. The SMILES string of the molecule is CSc1ccc(OC(NC(=O)C(Cl)(Cl)Cl)C(Cl)(Cl)Cl)cc1. The first-order valence-electron chi connectivity index (χ1n) is 5.29. The highest BCUT2D eigenvalue weighted by molar-refractivity contribution is 7.98. The fourth-order valence-electron chi connectivity index (χ4n) is 1.17. The first-order valence-corrected chi connectivity index (χ1v) is 8.78. The van der Waals surface area contributed by atoms with Gasteiger partial charge in [-0.05, 0) is 30.5 Å². The van der Waals surface area contributed by atoms with Crippen LogP contribution in [0.5, 0.6) is 5.75 Å². The van der Waals surface area contributed by atoms with Gasteiger partial charge in [0, 0.05) is 4.90 Å². The number of halogens is 6. The number of rotatable bonds is 4. The summed E-state index contributed by atoms with van der Waals surface area (Å²) >= 11 is 35.2. The largest absolute Gasteiger partial charge is 0.466 e. The highest BCUT2D eigenvalue weighted by Gasteiger charge is 2.40. The molecule has 0 saturated heterocycles. The Morgan fingerprint density at radius 3 is 2.05 bits per heavy atom. The number of thioether (sulfide) groups is 1. The van der Waals surface area contributed by atoms with Crippen LogP contribution in [0.15, 0.2) is 29.2 Å². The number of benzene rings is 1. The van der Waals surface area contributed by atoms with Crippen LogP contribution in [0.1, 0.15) is 0 Å². The van der Waals surface area contributed by atoms with Crippen molar-refractivity contribution in [2.24, 2.45) is 0 Å². The Kier molecular flexibility index (Phi) is 7.39. The Balaban J connectivity index is 2.86. The van der Waals surface area contributed by atoms with E-state index in [1.54, 1.807) is 23.9 Å². The van der Waals surface area contributed by atoms with E-state index in [1.807, 2.05) is 18.4 Å². The van der Waals surface area contributed by atoms with E-state index in [0.29, 0.717) is 5.75 Å². The van der Waals surface area contributed by atoms with E-state index in [1.165, 1.54) is 0 Å². The predicted octanol–water partition coefficient (Wildman–Crippen LogP) is 4.97. The third kappa shape index (κ3) is 6.69. The summed E-state index contributed by atoms with van der Waals surface area (Å²) in [4.78, 5) is 12.7. The van der Waals surface area contributed by atoms with Crippen molar-refractivity contribution >= 4 is 87.3 Å². The van der Waals surface area contributed by atoms with E-state index >= 15 is 0 Å². The molecule has 118 valence electrons. The van der Waals surface area contributed by atoms with Crippen LogP contribution in [0, 0.1) is 0 Å². The van der Waals surface area contributed by atoms with Crippen LogP contribution < -0.4 is 10.1 Å². The monoisotopic (exact) mass is 429 g/mol. The average molecular weight is 432 g/mol. The van der Waals surface area contributed by atoms with Crippen molar-refractivity contribution < 1.29 is 9.53 Å². The third-order valence-electron chi connectivity index (χ3n) is 2.13. The molecule has 0 aliphatic rings. The molecule has 0 bridgehead atoms. The highest BCUT2D eigenvalue weighted by Crippen LogP contribution is 2.34. The second-order valence-corrected chi connectivity index (χ2v) is 9.22. The molecule has 1 rings (SSSR count). The van der Waals surface area contributed by atoms with Gasteiger partial charge < -0.3 is 10.1 Å². The van der Waals surface area contributed by atoms with Gasteiger partial charge in [0.25, 0.3) is 9.70 Å². The summed E-state index contributed by atoms with van der Waals surface area (Å²) in [6.07, 6.45) is 0.604. The smallest absolute Gasteiger partial charge is 0.275 e. The minimum Gasteiger partial charge on any atom is -0.466 e. The van der Waals surface area contributed by atoms with E-state index in [0.717, 1.165) is 4.90 Å². The minimum atomic E-state index is -2.19. The fourth-order valence-corrected chi connectivity index (χ4v) is 2.04. The van der Waals surface area contributed by atoms with Gasteiger partial charge in [-0.15, -0.1) is 11.8 Å². The first-order chi connectivity index (χ1) is 9.54. The van der Waals surface area contributed by atoms with Crippen molar-refractivity contribution in [3.8, 4) is 5.75 Å². The van der Waals surface area contributed by atoms with E-state index < -0.39 is 19.7 Å². The maximum atomic E-state index is 11.6. The Morgan fingerprint density at radius 2 is 1.67 bits per heavy atom. The van der Waals surface area contributed by atoms with E-state index in [-0.39, 0.29) is 0 Å². The van der Waals surface area contributed by atoms with Gasteiger partial charge in [-0.1, -0.05) is 69.6 Å². The molecule has 1 aromatic rings. The van der Waals surface area contributed by atoms with Crippen molar-refractivity contribution in [2.45, 2.75) is 18.7 Å². The highest BCUT2D eigenvalue weighted by atomic mass is 35.6. The van der Waals surface area contributed by atoms with Crippen molar-refractivity contribution in [2.75, 3.05) is 6.26 Å². The number of carbonyl (C=O) groups is 1. The zero-order valence-corrected chi connectivity index (χ0v) is 15.7. The molecule has 21 heavy (non-hydrogen) atoms. The van der Waals surface area contributed by atoms with Crippen LogP contribution in [-0.4, -0.2) is 26.0 Å². The van der Waals surface area contributed by atoms with Gasteiger partial charge in [0.2, 0.25) is 10.0 Å². The van der Waals surface area contributed by atoms with Gasteiger partial charge in [0.15, 0.2) is 0 Å². The molecule has 0 spiro atoms. The van der Waals surface area contributed by atoms with Crippen molar-refractivity contribution in [3.63, 3.8) is 0 Å². The molecule has 1 unspecified atom stereocenters. The van der Waals surface area contributed by atoms with Crippen LogP contribution in [0.25, 0.3) is 0 Å². The predicted molar refractivity (Wildman–Crippen MR) is 91.4 cm³/mol. The molecule has 1 atom stereocenters. The molecule has 1 N–H and O–H groups in total. The Labute approximate surface area is 156 Å². The lowest BCUT2D eigenvalue weighted by Crippen LogP contribution is -2.51. The van der Waals surface area contributed by atoms with Crippen molar-refractivity contribution in [1.82, 2.24) is 5.32 Å². The molecule has 0 saturated carbocycles. The number of alkyl halides is 6. The standard InChI is InChI=1S/C11H9Cl6NO2S/c1-21-7-4-2-6(3-5-7)20-9(11(15,16)17)18-8(19)10(12,13)14/h2-5,9H,1H3,(H,18,19). The molecular formula is C11H9Cl6NO2S. The molecule has 0 aliphatic heterocycles. The summed E-state index contributed by atoms with van der Waals surface area (Å²) in [6.45, 7) is 0. The van der Waals surface area contributed by atoms with Crippen molar-refractivity contribution in [1.29, 1.82) is 0 Å².